The summed E-state index contributed by atoms with van der Waals surface area (Å²) in [6.45, 7) is 2.37. The average molecular weight is 392 g/mol. The summed E-state index contributed by atoms with van der Waals surface area (Å²) < 4.78 is 7.83. The number of aromatic carboxylic acids is 1. The summed E-state index contributed by atoms with van der Waals surface area (Å²) in [7, 11) is 0. The zero-order valence-electron chi connectivity index (χ0n) is 15.2. The second-order valence-electron chi connectivity index (χ2n) is 6.63. The highest BCUT2D eigenvalue weighted by molar-refractivity contribution is 6.30. The van der Waals surface area contributed by atoms with Gasteiger partial charge in [-0.25, -0.2) is 4.79 Å². The molecular formula is C23H18ClNO3. The maximum Gasteiger partial charge on any atom is 0.356 e. The van der Waals surface area contributed by atoms with E-state index in [0.717, 1.165) is 22.0 Å². The molecule has 4 rings (SSSR count). The summed E-state index contributed by atoms with van der Waals surface area (Å²) in [5, 5.41) is 11.4. The van der Waals surface area contributed by atoms with Crippen molar-refractivity contribution < 1.29 is 14.6 Å². The summed E-state index contributed by atoms with van der Waals surface area (Å²) in [5.41, 5.74) is 2.92. The molecule has 0 aliphatic rings. The van der Waals surface area contributed by atoms with Crippen LogP contribution in [0.2, 0.25) is 5.02 Å². The molecule has 0 amide bonds. The van der Waals surface area contributed by atoms with Crippen LogP contribution in [0.4, 0.5) is 0 Å². The second-order valence-corrected chi connectivity index (χ2v) is 7.07. The van der Waals surface area contributed by atoms with Crippen LogP contribution in [0.15, 0.2) is 72.8 Å². The zero-order chi connectivity index (χ0) is 19.7. The standard InChI is InChI=1S/C23H18ClNO3/c1-15-7-12-20-19(13-15)22(28-18-5-3-2-4-6-18)21(23(26)27)25(20)14-16-8-10-17(24)11-9-16/h2-13H,14H2,1H3,(H,26,27). The molecule has 0 radical (unpaired) electrons. The molecule has 0 saturated carbocycles. The molecule has 0 bridgehead atoms. The Bertz CT molecular complexity index is 1150. The van der Waals surface area contributed by atoms with Crippen LogP contribution in [-0.2, 0) is 6.54 Å². The van der Waals surface area contributed by atoms with Gasteiger partial charge in [0.15, 0.2) is 11.4 Å². The summed E-state index contributed by atoms with van der Waals surface area (Å²) in [4.78, 5) is 12.2. The van der Waals surface area contributed by atoms with Crippen LogP contribution in [0.25, 0.3) is 10.9 Å². The van der Waals surface area contributed by atoms with Crippen LogP contribution in [0, 0.1) is 6.92 Å². The van der Waals surface area contributed by atoms with Crippen LogP contribution in [0.3, 0.4) is 0 Å². The number of carboxylic acids is 1. The molecule has 0 unspecified atom stereocenters. The minimum atomic E-state index is -1.03. The average Bonchev–Trinajstić information content (AvgIpc) is 2.97. The van der Waals surface area contributed by atoms with Gasteiger partial charge in [-0.05, 0) is 48.9 Å². The van der Waals surface area contributed by atoms with E-state index in [0.29, 0.717) is 23.1 Å². The summed E-state index contributed by atoms with van der Waals surface area (Å²) in [6.07, 6.45) is 0. The highest BCUT2D eigenvalue weighted by atomic mass is 35.5. The fraction of sp³-hybridized carbons (Fsp3) is 0.0870. The van der Waals surface area contributed by atoms with Gasteiger partial charge in [0.25, 0.3) is 0 Å². The molecular weight excluding hydrogens is 374 g/mol. The van der Waals surface area contributed by atoms with Gasteiger partial charge in [0, 0.05) is 17.0 Å². The number of aromatic nitrogens is 1. The van der Waals surface area contributed by atoms with Gasteiger partial charge >= 0.3 is 5.97 Å². The minimum absolute atomic E-state index is 0.124. The first kappa shape index (κ1) is 18.1. The van der Waals surface area contributed by atoms with Crippen molar-refractivity contribution in [3.63, 3.8) is 0 Å². The van der Waals surface area contributed by atoms with Gasteiger partial charge < -0.3 is 14.4 Å². The van der Waals surface area contributed by atoms with Crippen molar-refractivity contribution in [3.05, 3.63) is 94.6 Å². The molecule has 1 N–H and O–H groups in total. The largest absolute Gasteiger partial charge is 0.476 e. The molecule has 0 aliphatic heterocycles. The number of para-hydroxylation sites is 1. The van der Waals surface area contributed by atoms with Crippen LogP contribution < -0.4 is 4.74 Å². The molecule has 4 nitrogen and oxygen atoms in total. The molecule has 1 heterocycles. The summed E-state index contributed by atoms with van der Waals surface area (Å²) in [5.74, 6) is -0.0860. The Morgan fingerprint density at radius 3 is 2.43 bits per heavy atom. The van der Waals surface area contributed by atoms with Crippen molar-refractivity contribution in [2.75, 3.05) is 0 Å². The monoisotopic (exact) mass is 391 g/mol. The number of carboxylic acid groups (broad SMARTS) is 1. The Morgan fingerprint density at radius 2 is 1.75 bits per heavy atom. The summed E-state index contributed by atoms with van der Waals surface area (Å²) >= 11 is 5.98. The minimum Gasteiger partial charge on any atom is -0.476 e. The third-order valence-corrected chi connectivity index (χ3v) is 4.84. The van der Waals surface area contributed by atoms with E-state index in [9.17, 15) is 9.90 Å². The number of hydrogen-bond donors (Lipinski definition) is 1. The number of ether oxygens (including phenoxy) is 1. The van der Waals surface area contributed by atoms with Crippen LogP contribution in [-0.4, -0.2) is 15.6 Å². The topological polar surface area (TPSA) is 51.5 Å². The first-order valence-electron chi connectivity index (χ1n) is 8.86. The van der Waals surface area contributed by atoms with Crippen molar-refractivity contribution in [2.45, 2.75) is 13.5 Å². The zero-order valence-corrected chi connectivity index (χ0v) is 16.0. The van der Waals surface area contributed by atoms with Crippen molar-refractivity contribution in [1.82, 2.24) is 4.57 Å². The number of nitrogens with zero attached hydrogens (tertiary/aromatic N) is 1. The first-order valence-corrected chi connectivity index (χ1v) is 9.24. The molecule has 0 saturated heterocycles. The van der Waals surface area contributed by atoms with Gasteiger partial charge in [0.05, 0.1) is 5.52 Å². The van der Waals surface area contributed by atoms with Gasteiger partial charge in [-0.2, -0.15) is 0 Å². The number of hydrogen-bond acceptors (Lipinski definition) is 2. The van der Waals surface area contributed by atoms with Crippen LogP contribution in [0.1, 0.15) is 21.6 Å². The number of aryl methyl sites for hydroxylation is 1. The molecule has 0 atom stereocenters. The van der Waals surface area contributed by atoms with Crippen molar-refractivity contribution in [2.24, 2.45) is 0 Å². The van der Waals surface area contributed by atoms with Gasteiger partial charge in [0.2, 0.25) is 0 Å². The van der Waals surface area contributed by atoms with E-state index in [1.807, 2.05) is 67.6 Å². The molecule has 4 aromatic rings. The van der Waals surface area contributed by atoms with E-state index in [-0.39, 0.29) is 5.69 Å². The molecule has 5 heteroatoms. The Labute approximate surface area is 167 Å². The number of halogens is 1. The van der Waals surface area contributed by atoms with Crippen molar-refractivity contribution in [1.29, 1.82) is 0 Å². The van der Waals surface area contributed by atoms with Gasteiger partial charge in [-0.3, -0.25) is 0 Å². The predicted octanol–water partition coefficient (Wildman–Crippen LogP) is 6.14. The Balaban J connectivity index is 1.91. The molecule has 0 fully saturated rings. The van der Waals surface area contributed by atoms with E-state index in [2.05, 4.69) is 0 Å². The lowest BCUT2D eigenvalue weighted by Crippen LogP contribution is -2.10. The fourth-order valence-corrected chi connectivity index (χ4v) is 3.42. The SMILES string of the molecule is Cc1ccc2c(c1)c(Oc1ccccc1)c(C(=O)O)n2Cc1ccc(Cl)cc1. The lowest BCUT2D eigenvalue weighted by atomic mass is 10.1. The quantitative estimate of drug-likeness (QED) is 0.444. The highest BCUT2D eigenvalue weighted by Crippen LogP contribution is 2.37. The summed E-state index contributed by atoms with van der Waals surface area (Å²) in [6, 6.07) is 22.5. The normalized spacial score (nSPS) is 10.9. The number of benzene rings is 3. The lowest BCUT2D eigenvalue weighted by Gasteiger charge is -2.10. The highest BCUT2D eigenvalue weighted by Gasteiger charge is 2.24. The number of carbonyl (C=O) groups is 1. The van der Waals surface area contributed by atoms with Gasteiger partial charge in [-0.1, -0.05) is 53.6 Å². The molecule has 3 aromatic carbocycles. The first-order chi connectivity index (χ1) is 13.5. The molecule has 28 heavy (non-hydrogen) atoms. The predicted molar refractivity (Wildman–Crippen MR) is 111 cm³/mol. The van der Waals surface area contributed by atoms with E-state index in [4.69, 9.17) is 16.3 Å². The molecule has 1 aromatic heterocycles. The van der Waals surface area contributed by atoms with Gasteiger partial charge in [-0.15, -0.1) is 0 Å². The van der Waals surface area contributed by atoms with Crippen LogP contribution >= 0.6 is 11.6 Å². The fourth-order valence-electron chi connectivity index (χ4n) is 3.30. The maximum absolute atomic E-state index is 12.2. The van der Waals surface area contributed by atoms with Gasteiger partial charge in [0.1, 0.15) is 5.75 Å². The van der Waals surface area contributed by atoms with E-state index < -0.39 is 5.97 Å². The number of fused-ring (bicyclic) bond motifs is 1. The van der Waals surface area contributed by atoms with E-state index >= 15 is 0 Å². The third-order valence-electron chi connectivity index (χ3n) is 4.59. The Hall–Kier alpha value is -3.24. The smallest absolute Gasteiger partial charge is 0.356 e. The Morgan fingerprint density at radius 1 is 1.04 bits per heavy atom. The van der Waals surface area contributed by atoms with Crippen LogP contribution in [0.5, 0.6) is 11.5 Å². The molecule has 0 spiro atoms. The Kier molecular flexibility index (Phi) is 4.80. The van der Waals surface area contributed by atoms with Crippen molar-refractivity contribution >= 4 is 28.5 Å². The van der Waals surface area contributed by atoms with E-state index in [1.54, 1.807) is 16.7 Å². The molecule has 0 aliphatic carbocycles. The lowest BCUT2D eigenvalue weighted by molar-refractivity contribution is 0.0683. The maximum atomic E-state index is 12.2. The third kappa shape index (κ3) is 3.47. The van der Waals surface area contributed by atoms with Crippen molar-refractivity contribution in [3.8, 4) is 11.5 Å². The molecule has 140 valence electrons. The second kappa shape index (κ2) is 7.41. The van der Waals surface area contributed by atoms with E-state index in [1.165, 1.54) is 0 Å². The number of rotatable bonds is 5.